The molecular formula is C19H29NO3. The summed E-state index contributed by atoms with van der Waals surface area (Å²) in [5.74, 6) is -0.226. The third-order valence-electron chi connectivity index (χ3n) is 4.23. The summed E-state index contributed by atoms with van der Waals surface area (Å²) in [6, 6.07) is 5.85. The molecule has 23 heavy (non-hydrogen) atoms. The number of morpholine rings is 1. The lowest BCUT2D eigenvalue weighted by Crippen LogP contribution is -2.37. The van der Waals surface area contributed by atoms with Crippen molar-refractivity contribution in [3.05, 3.63) is 34.9 Å². The highest BCUT2D eigenvalue weighted by molar-refractivity contribution is 5.89. The molecule has 1 aliphatic rings. The number of aryl methyl sites for hydroxylation is 1. The molecule has 4 nitrogen and oxygen atoms in total. The molecule has 0 bridgehead atoms. The van der Waals surface area contributed by atoms with Crippen LogP contribution in [0.2, 0.25) is 0 Å². The van der Waals surface area contributed by atoms with Crippen LogP contribution in [0, 0.1) is 6.92 Å². The van der Waals surface area contributed by atoms with Crippen LogP contribution in [0.15, 0.2) is 18.2 Å². The Morgan fingerprint density at radius 1 is 1.26 bits per heavy atom. The first-order chi connectivity index (χ1) is 10.9. The summed E-state index contributed by atoms with van der Waals surface area (Å²) in [7, 11) is 0. The van der Waals surface area contributed by atoms with Crippen LogP contribution in [0.25, 0.3) is 0 Å². The summed E-state index contributed by atoms with van der Waals surface area (Å²) in [5.41, 5.74) is 3.13. The molecule has 0 spiro atoms. The normalized spacial score (nSPS) is 16.3. The molecule has 0 aliphatic carbocycles. The van der Waals surface area contributed by atoms with Gasteiger partial charge >= 0.3 is 5.97 Å². The van der Waals surface area contributed by atoms with E-state index in [4.69, 9.17) is 9.47 Å². The molecule has 0 aromatic heterocycles. The Morgan fingerprint density at radius 3 is 2.57 bits per heavy atom. The molecule has 1 saturated heterocycles. The topological polar surface area (TPSA) is 38.8 Å². The summed E-state index contributed by atoms with van der Waals surface area (Å²) in [6.07, 6.45) is 0.866. The second kappa shape index (κ2) is 7.93. The lowest BCUT2D eigenvalue weighted by atomic mass is 9.83. The van der Waals surface area contributed by atoms with E-state index >= 15 is 0 Å². The number of nitrogens with zero attached hydrogens (tertiary/aromatic N) is 1. The third-order valence-corrected chi connectivity index (χ3v) is 4.23. The van der Waals surface area contributed by atoms with Gasteiger partial charge in [0, 0.05) is 19.6 Å². The van der Waals surface area contributed by atoms with Gasteiger partial charge in [-0.2, -0.15) is 0 Å². The van der Waals surface area contributed by atoms with E-state index in [1.54, 1.807) is 0 Å². The van der Waals surface area contributed by atoms with E-state index in [0.29, 0.717) is 12.2 Å². The summed E-state index contributed by atoms with van der Waals surface area (Å²) in [4.78, 5) is 14.5. The SMILES string of the molecule is Cc1cc(C(=O)OCCCN2CCOCC2)ccc1C(C)(C)C. The minimum absolute atomic E-state index is 0.0880. The standard InChI is InChI=1S/C19H29NO3/c1-15-14-16(6-7-17(15)19(2,3)4)18(21)23-11-5-8-20-9-12-22-13-10-20/h6-7,14H,5,8-13H2,1-4H3. The number of ether oxygens (including phenoxy) is 2. The van der Waals surface area contributed by atoms with E-state index in [2.05, 4.69) is 32.6 Å². The van der Waals surface area contributed by atoms with E-state index in [1.165, 1.54) is 5.56 Å². The van der Waals surface area contributed by atoms with Crippen molar-refractivity contribution in [1.82, 2.24) is 4.90 Å². The van der Waals surface area contributed by atoms with Crippen molar-refractivity contribution in [1.29, 1.82) is 0 Å². The highest BCUT2D eigenvalue weighted by Gasteiger charge is 2.18. The van der Waals surface area contributed by atoms with Gasteiger partial charge in [0.2, 0.25) is 0 Å². The lowest BCUT2D eigenvalue weighted by Gasteiger charge is -2.26. The largest absolute Gasteiger partial charge is 0.462 e. The highest BCUT2D eigenvalue weighted by atomic mass is 16.5. The Labute approximate surface area is 139 Å². The second-order valence-corrected chi connectivity index (χ2v) is 7.22. The van der Waals surface area contributed by atoms with Gasteiger partial charge in [-0.05, 0) is 42.0 Å². The highest BCUT2D eigenvalue weighted by Crippen LogP contribution is 2.26. The van der Waals surface area contributed by atoms with Crippen molar-refractivity contribution in [3.63, 3.8) is 0 Å². The van der Waals surface area contributed by atoms with Crippen molar-refractivity contribution >= 4 is 5.97 Å². The average Bonchev–Trinajstić information content (AvgIpc) is 2.51. The minimum atomic E-state index is -0.226. The Hall–Kier alpha value is -1.39. The van der Waals surface area contributed by atoms with Crippen LogP contribution in [0.1, 0.15) is 48.7 Å². The molecular weight excluding hydrogens is 290 g/mol. The molecule has 0 atom stereocenters. The number of carbonyl (C=O) groups excluding carboxylic acids is 1. The Balaban J connectivity index is 1.80. The molecule has 1 fully saturated rings. The van der Waals surface area contributed by atoms with Crippen molar-refractivity contribution in [3.8, 4) is 0 Å². The number of carbonyl (C=O) groups is 1. The van der Waals surface area contributed by atoms with E-state index < -0.39 is 0 Å². The van der Waals surface area contributed by atoms with Gasteiger partial charge in [-0.15, -0.1) is 0 Å². The number of benzene rings is 1. The molecule has 0 radical (unpaired) electrons. The molecule has 0 N–H and O–H groups in total. The molecule has 2 rings (SSSR count). The average molecular weight is 319 g/mol. The predicted molar refractivity (Wildman–Crippen MR) is 92.0 cm³/mol. The van der Waals surface area contributed by atoms with Crippen LogP contribution in [-0.4, -0.2) is 50.3 Å². The summed E-state index contributed by atoms with van der Waals surface area (Å²) >= 11 is 0. The first kappa shape index (κ1) is 18.0. The van der Waals surface area contributed by atoms with Crippen molar-refractivity contribution in [2.75, 3.05) is 39.5 Å². The van der Waals surface area contributed by atoms with Crippen molar-refractivity contribution in [2.45, 2.75) is 39.5 Å². The number of hydrogen-bond acceptors (Lipinski definition) is 4. The molecule has 0 unspecified atom stereocenters. The fourth-order valence-electron chi connectivity index (χ4n) is 2.99. The van der Waals surface area contributed by atoms with E-state index in [9.17, 15) is 4.79 Å². The van der Waals surface area contributed by atoms with Crippen molar-refractivity contribution in [2.24, 2.45) is 0 Å². The van der Waals surface area contributed by atoms with E-state index in [-0.39, 0.29) is 11.4 Å². The van der Waals surface area contributed by atoms with Crippen LogP contribution in [0.3, 0.4) is 0 Å². The maximum Gasteiger partial charge on any atom is 0.338 e. The van der Waals surface area contributed by atoms with Gasteiger partial charge in [0.25, 0.3) is 0 Å². The molecule has 0 saturated carbocycles. The van der Waals surface area contributed by atoms with Crippen LogP contribution >= 0.6 is 0 Å². The minimum Gasteiger partial charge on any atom is -0.462 e. The predicted octanol–water partition coefficient (Wildman–Crippen LogP) is 3.17. The number of hydrogen-bond donors (Lipinski definition) is 0. The number of esters is 1. The van der Waals surface area contributed by atoms with Crippen LogP contribution in [0.5, 0.6) is 0 Å². The van der Waals surface area contributed by atoms with Crippen molar-refractivity contribution < 1.29 is 14.3 Å². The van der Waals surface area contributed by atoms with Gasteiger partial charge < -0.3 is 9.47 Å². The molecule has 4 heteroatoms. The molecule has 1 aromatic rings. The molecule has 128 valence electrons. The summed E-state index contributed by atoms with van der Waals surface area (Å²) in [6.45, 7) is 13.6. The maximum absolute atomic E-state index is 12.2. The van der Waals surface area contributed by atoms with Gasteiger partial charge in [-0.3, -0.25) is 4.90 Å². The zero-order valence-corrected chi connectivity index (χ0v) is 14.9. The third kappa shape index (κ3) is 5.33. The Bertz CT molecular complexity index is 528. The van der Waals surface area contributed by atoms with Gasteiger partial charge in [0.15, 0.2) is 0 Å². The Morgan fingerprint density at radius 2 is 1.96 bits per heavy atom. The van der Waals surface area contributed by atoms with Crippen LogP contribution in [-0.2, 0) is 14.9 Å². The smallest absolute Gasteiger partial charge is 0.338 e. The zero-order chi connectivity index (χ0) is 16.9. The van der Waals surface area contributed by atoms with Gasteiger partial charge in [0.1, 0.15) is 0 Å². The molecule has 0 amide bonds. The van der Waals surface area contributed by atoms with Gasteiger partial charge in [-0.25, -0.2) is 4.79 Å². The van der Waals surface area contributed by atoms with Gasteiger partial charge in [0.05, 0.1) is 25.4 Å². The van der Waals surface area contributed by atoms with Gasteiger partial charge in [-0.1, -0.05) is 26.8 Å². The van der Waals surface area contributed by atoms with Crippen LogP contribution in [0.4, 0.5) is 0 Å². The fraction of sp³-hybridized carbons (Fsp3) is 0.632. The molecule has 1 aliphatic heterocycles. The quantitative estimate of drug-likeness (QED) is 0.617. The first-order valence-corrected chi connectivity index (χ1v) is 8.46. The zero-order valence-electron chi connectivity index (χ0n) is 14.9. The Kier molecular flexibility index (Phi) is 6.19. The fourth-order valence-corrected chi connectivity index (χ4v) is 2.99. The molecule has 1 aromatic carbocycles. The van der Waals surface area contributed by atoms with Crippen LogP contribution < -0.4 is 0 Å². The van der Waals surface area contributed by atoms with E-state index in [1.807, 2.05) is 18.2 Å². The second-order valence-electron chi connectivity index (χ2n) is 7.22. The monoisotopic (exact) mass is 319 g/mol. The summed E-state index contributed by atoms with van der Waals surface area (Å²) in [5, 5.41) is 0. The maximum atomic E-state index is 12.2. The lowest BCUT2D eigenvalue weighted by molar-refractivity contribution is 0.0298. The first-order valence-electron chi connectivity index (χ1n) is 8.46. The molecule has 1 heterocycles. The van der Waals surface area contributed by atoms with E-state index in [0.717, 1.165) is 44.8 Å². The summed E-state index contributed by atoms with van der Waals surface area (Å²) < 4.78 is 10.7. The number of rotatable bonds is 5.